The molecule has 1 aromatic heterocycles. The van der Waals surface area contributed by atoms with Crippen molar-refractivity contribution in [2.75, 3.05) is 24.2 Å². The van der Waals surface area contributed by atoms with Crippen LogP contribution in [0.3, 0.4) is 0 Å². The second-order valence-corrected chi connectivity index (χ2v) is 6.14. The standard InChI is InChI=1S/C11H17N3O2S/c1-17(15,16)13-10-4-8-14(9-5-10)11-2-6-12-7-3-11/h2-3,6-7,10,13H,4-5,8-9H2,1H3. The summed E-state index contributed by atoms with van der Waals surface area (Å²) in [6.45, 7) is 1.74. The van der Waals surface area contributed by atoms with Crippen LogP contribution in [0.25, 0.3) is 0 Å². The number of nitrogens with zero attached hydrogens (tertiary/aromatic N) is 2. The van der Waals surface area contributed by atoms with E-state index in [-0.39, 0.29) is 6.04 Å². The largest absolute Gasteiger partial charge is 0.371 e. The molecule has 1 fully saturated rings. The minimum absolute atomic E-state index is 0.0723. The van der Waals surface area contributed by atoms with Gasteiger partial charge in [-0.25, -0.2) is 13.1 Å². The smallest absolute Gasteiger partial charge is 0.208 e. The van der Waals surface area contributed by atoms with Gasteiger partial charge in [0.05, 0.1) is 6.26 Å². The van der Waals surface area contributed by atoms with Crippen molar-refractivity contribution < 1.29 is 8.42 Å². The van der Waals surface area contributed by atoms with Crippen LogP contribution in [0.1, 0.15) is 12.8 Å². The summed E-state index contributed by atoms with van der Waals surface area (Å²) >= 11 is 0. The van der Waals surface area contributed by atoms with Crippen LogP contribution in [0.4, 0.5) is 5.69 Å². The molecule has 0 radical (unpaired) electrons. The Kier molecular flexibility index (Phi) is 3.63. The zero-order chi connectivity index (χ0) is 12.3. The van der Waals surface area contributed by atoms with Crippen LogP contribution in [-0.4, -0.2) is 38.8 Å². The average Bonchev–Trinajstić information content (AvgIpc) is 2.29. The van der Waals surface area contributed by atoms with Gasteiger partial charge in [-0.15, -0.1) is 0 Å². The topological polar surface area (TPSA) is 62.3 Å². The lowest BCUT2D eigenvalue weighted by Gasteiger charge is -2.33. The highest BCUT2D eigenvalue weighted by molar-refractivity contribution is 7.88. The highest BCUT2D eigenvalue weighted by Gasteiger charge is 2.21. The highest BCUT2D eigenvalue weighted by atomic mass is 32.2. The molecular weight excluding hydrogens is 238 g/mol. The van der Waals surface area contributed by atoms with E-state index in [2.05, 4.69) is 14.6 Å². The van der Waals surface area contributed by atoms with Crippen LogP contribution in [0.5, 0.6) is 0 Å². The molecule has 5 nitrogen and oxygen atoms in total. The number of aromatic nitrogens is 1. The quantitative estimate of drug-likeness (QED) is 0.859. The molecular formula is C11H17N3O2S. The number of rotatable bonds is 3. The van der Waals surface area contributed by atoms with E-state index >= 15 is 0 Å². The molecule has 0 spiro atoms. The molecule has 0 bridgehead atoms. The molecule has 1 aliphatic rings. The fraction of sp³-hybridized carbons (Fsp3) is 0.545. The Labute approximate surface area is 102 Å². The van der Waals surface area contributed by atoms with Gasteiger partial charge in [-0.3, -0.25) is 4.98 Å². The Morgan fingerprint density at radius 2 is 1.88 bits per heavy atom. The molecule has 2 heterocycles. The van der Waals surface area contributed by atoms with Crippen LogP contribution in [0.15, 0.2) is 24.5 Å². The van der Waals surface area contributed by atoms with Crippen molar-refractivity contribution in [1.82, 2.24) is 9.71 Å². The van der Waals surface area contributed by atoms with E-state index in [1.807, 2.05) is 12.1 Å². The molecule has 1 saturated heterocycles. The maximum Gasteiger partial charge on any atom is 0.208 e. The van der Waals surface area contributed by atoms with Crippen molar-refractivity contribution in [2.24, 2.45) is 0 Å². The summed E-state index contributed by atoms with van der Waals surface area (Å²) in [6.07, 6.45) is 6.44. The summed E-state index contributed by atoms with van der Waals surface area (Å²) in [4.78, 5) is 6.24. The SMILES string of the molecule is CS(=O)(=O)NC1CCN(c2ccncc2)CC1. The van der Waals surface area contributed by atoms with E-state index in [0.717, 1.165) is 31.6 Å². The van der Waals surface area contributed by atoms with Gasteiger partial charge in [-0.2, -0.15) is 0 Å². The predicted molar refractivity (Wildman–Crippen MR) is 67.5 cm³/mol. The third-order valence-electron chi connectivity index (χ3n) is 2.90. The molecule has 6 heteroatoms. The zero-order valence-electron chi connectivity index (χ0n) is 9.83. The van der Waals surface area contributed by atoms with E-state index in [4.69, 9.17) is 0 Å². The maximum atomic E-state index is 11.1. The van der Waals surface area contributed by atoms with Gasteiger partial charge in [-0.1, -0.05) is 0 Å². The summed E-state index contributed by atoms with van der Waals surface area (Å²) < 4.78 is 24.9. The van der Waals surface area contributed by atoms with Gasteiger partial charge in [0.1, 0.15) is 0 Å². The number of anilines is 1. The lowest BCUT2D eigenvalue weighted by Crippen LogP contribution is -2.44. The minimum atomic E-state index is -3.08. The first kappa shape index (κ1) is 12.3. The number of sulfonamides is 1. The van der Waals surface area contributed by atoms with Crippen molar-refractivity contribution in [3.05, 3.63) is 24.5 Å². The first-order valence-electron chi connectivity index (χ1n) is 5.67. The van der Waals surface area contributed by atoms with Gasteiger partial charge in [0.2, 0.25) is 10.0 Å². The molecule has 2 rings (SSSR count). The summed E-state index contributed by atoms with van der Waals surface area (Å²) in [7, 11) is -3.08. The molecule has 0 aliphatic carbocycles. The number of pyridine rings is 1. The van der Waals surface area contributed by atoms with E-state index in [9.17, 15) is 8.42 Å². The predicted octanol–water partition coefficient (Wildman–Crippen LogP) is 0.600. The Balaban J connectivity index is 1.91. The normalized spacial score (nSPS) is 18.3. The van der Waals surface area contributed by atoms with Crippen LogP contribution in [0.2, 0.25) is 0 Å². The first-order valence-corrected chi connectivity index (χ1v) is 7.56. The molecule has 1 N–H and O–H groups in total. The van der Waals surface area contributed by atoms with Crippen molar-refractivity contribution >= 4 is 15.7 Å². The lowest BCUT2D eigenvalue weighted by atomic mass is 10.1. The highest BCUT2D eigenvalue weighted by Crippen LogP contribution is 2.18. The van der Waals surface area contributed by atoms with E-state index in [0.29, 0.717) is 0 Å². The van der Waals surface area contributed by atoms with Crippen LogP contribution < -0.4 is 9.62 Å². The molecule has 17 heavy (non-hydrogen) atoms. The number of hydrogen-bond acceptors (Lipinski definition) is 4. The molecule has 0 unspecified atom stereocenters. The van der Waals surface area contributed by atoms with Crippen molar-refractivity contribution in [2.45, 2.75) is 18.9 Å². The van der Waals surface area contributed by atoms with Gasteiger partial charge in [0.25, 0.3) is 0 Å². The fourth-order valence-corrected chi connectivity index (χ4v) is 2.95. The summed E-state index contributed by atoms with van der Waals surface area (Å²) in [5.41, 5.74) is 1.15. The van der Waals surface area contributed by atoms with Gasteiger partial charge in [0, 0.05) is 37.2 Å². The Hall–Kier alpha value is -1.14. The van der Waals surface area contributed by atoms with Crippen LogP contribution >= 0.6 is 0 Å². The average molecular weight is 255 g/mol. The Morgan fingerprint density at radius 1 is 1.29 bits per heavy atom. The van der Waals surface area contributed by atoms with Gasteiger partial charge < -0.3 is 4.90 Å². The van der Waals surface area contributed by atoms with Gasteiger partial charge in [-0.05, 0) is 25.0 Å². The Morgan fingerprint density at radius 3 is 2.41 bits per heavy atom. The van der Waals surface area contributed by atoms with Crippen molar-refractivity contribution in [1.29, 1.82) is 0 Å². The van der Waals surface area contributed by atoms with Crippen molar-refractivity contribution in [3.8, 4) is 0 Å². The monoisotopic (exact) mass is 255 g/mol. The maximum absolute atomic E-state index is 11.1. The van der Waals surface area contributed by atoms with E-state index < -0.39 is 10.0 Å². The molecule has 0 aromatic carbocycles. The summed E-state index contributed by atoms with van der Waals surface area (Å²) in [5, 5.41) is 0. The number of piperidine rings is 1. The third kappa shape index (κ3) is 3.67. The van der Waals surface area contributed by atoms with Gasteiger partial charge >= 0.3 is 0 Å². The minimum Gasteiger partial charge on any atom is -0.371 e. The number of nitrogens with one attached hydrogen (secondary N) is 1. The van der Waals surface area contributed by atoms with E-state index in [1.165, 1.54) is 6.26 Å². The molecule has 0 amide bonds. The second-order valence-electron chi connectivity index (χ2n) is 4.36. The van der Waals surface area contributed by atoms with Crippen LogP contribution in [0, 0.1) is 0 Å². The molecule has 0 saturated carbocycles. The lowest BCUT2D eigenvalue weighted by molar-refractivity contribution is 0.461. The van der Waals surface area contributed by atoms with Gasteiger partial charge in [0.15, 0.2) is 0 Å². The summed E-state index contributed by atoms with van der Waals surface area (Å²) in [5.74, 6) is 0. The van der Waals surface area contributed by atoms with Crippen LogP contribution in [-0.2, 0) is 10.0 Å². The molecule has 1 aromatic rings. The number of hydrogen-bond donors (Lipinski definition) is 1. The third-order valence-corrected chi connectivity index (χ3v) is 3.67. The second kappa shape index (κ2) is 5.01. The van der Waals surface area contributed by atoms with E-state index in [1.54, 1.807) is 12.4 Å². The zero-order valence-corrected chi connectivity index (χ0v) is 10.7. The van der Waals surface area contributed by atoms with Crippen molar-refractivity contribution in [3.63, 3.8) is 0 Å². The first-order chi connectivity index (χ1) is 8.04. The Bertz CT molecular complexity index is 453. The summed E-state index contributed by atoms with van der Waals surface area (Å²) in [6, 6.07) is 4.03. The molecule has 1 aliphatic heterocycles. The fourth-order valence-electron chi connectivity index (χ4n) is 2.11. The molecule has 0 atom stereocenters. The molecule has 94 valence electrons.